The number of hydrogen-bond acceptors (Lipinski definition) is 4. The predicted octanol–water partition coefficient (Wildman–Crippen LogP) is 1.91. The maximum atomic E-state index is 12.3. The van der Waals surface area contributed by atoms with Crippen molar-refractivity contribution < 1.29 is 18.8 Å². The van der Waals surface area contributed by atoms with Crippen molar-refractivity contribution in [1.29, 1.82) is 0 Å². The zero-order valence-electron chi connectivity index (χ0n) is 11.6. The topological polar surface area (TPSA) is 66.4 Å². The monoisotopic (exact) mass is 313 g/mol. The molecule has 20 heavy (non-hydrogen) atoms. The van der Waals surface area contributed by atoms with Gasteiger partial charge >= 0.3 is 0 Å². The van der Waals surface area contributed by atoms with Gasteiger partial charge in [0, 0.05) is 11.1 Å². The minimum atomic E-state index is -1.81. The molecule has 1 aromatic carbocycles. The van der Waals surface area contributed by atoms with E-state index in [1.54, 1.807) is 13.2 Å². The minimum Gasteiger partial charge on any atom is -0.544 e. The number of carboxylic acids is 1. The number of benzene rings is 1. The summed E-state index contributed by atoms with van der Waals surface area (Å²) in [6, 6.07) is 1.66. The largest absolute Gasteiger partial charge is 0.544 e. The van der Waals surface area contributed by atoms with Gasteiger partial charge in [-0.05, 0) is 24.5 Å². The molecule has 0 saturated carbocycles. The summed E-state index contributed by atoms with van der Waals surface area (Å²) in [4.78, 5) is 11.2. The summed E-state index contributed by atoms with van der Waals surface area (Å²) in [7, 11) is -0.268. The van der Waals surface area contributed by atoms with E-state index in [0.717, 1.165) is 11.1 Å². The third-order valence-corrected chi connectivity index (χ3v) is 5.19. The molecule has 1 aromatic rings. The smallest absolute Gasteiger partial charge is 0.125 e. The maximum Gasteiger partial charge on any atom is 0.125 e. The normalized spacial score (nSPS) is 17.6. The highest BCUT2D eigenvalue weighted by atomic mass is 35.5. The average molecular weight is 314 g/mol. The molecule has 4 nitrogen and oxygen atoms in total. The number of aliphatic carboxylic acids is 1. The first-order chi connectivity index (χ1) is 9.31. The van der Waals surface area contributed by atoms with E-state index in [0.29, 0.717) is 16.2 Å². The molecule has 0 fully saturated rings. The highest BCUT2D eigenvalue weighted by Crippen LogP contribution is 2.47. The van der Waals surface area contributed by atoms with Gasteiger partial charge in [0.05, 0.1) is 38.7 Å². The number of rotatable bonds is 3. The molecule has 0 radical (unpaired) electrons. The van der Waals surface area contributed by atoms with E-state index in [1.165, 1.54) is 0 Å². The fourth-order valence-electron chi connectivity index (χ4n) is 2.46. The molecular weight excluding hydrogens is 300 g/mol. The molecule has 0 spiro atoms. The van der Waals surface area contributed by atoms with Crippen LogP contribution in [0.5, 0.6) is 5.75 Å². The lowest BCUT2D eigenvalue weighted by Crippen LogP contribution is -2.25. The predicted molar refractivity (Wildman–Crippen MR) is 76.0 cm³/mol. The van der Waals surface area contributed by atoms with Crippen LogP contribution >= 0.6 is 11.6 Å². The maximum absolute atomic E-state index is 12.3. The quantitative estimate of drug-likeness (QED) is 0.855. The number of hydrogen-bond donors (Lipinski definition) is 0. The molecule has 0 aromatic heterocycles. The number of carbonyl (C=O) groups excluding carboxylic acids is 1. The summed E-state index contributed by atoms with van der Waals surface area (Å²) in [5.41, 5.74) is 2.08. The van der Waals surface area contributed by atoms with Gasteiger partial charge in [0.25, 0.3) is 0 Å². The number of fused-ring (bicyclic) bond motifs is 1. The van der Waals surface area contributed by atoms with Gasteiger partial charge in [-0.1, -0.05) is 25.4 Å². The lowest BCUT2D eigenvalue weighted by molar-refractivity contribution is -0.298. The minimum absolute atomic E-state index is 0.0136. The Bertz CT molecular complexity index is 662. The molecule has 108 valence electrons. The van der Waals surface area contributed by atoms with Gasteiger partial charge in [-0.15, -0.1) is 0 Å². The fraction of sp³-hybridized carbons (Fsp3) is 0.357. The lowest BCUT2D eigenvalue weighted by atomic mass is 9.93. The number of halogens is 1. The highest BCUT2D eigenvalue weighted by molar-refractivity contribution is 7.91. The van der Waals surface area contributed by atoms with Crippen LogP contribution < -0.4 is 9.84 Å². The first-order valence-corrected chi connectivity index (χ1v) is 7.58. The molecule has 1 aliphatic rings. The third-order valence-electron chi connectivity index (χ3n) is 3.24. The van der Waals surface area contributed by atoms with Crippen molar-refractivity contribution in [3.8, 4) is 5.75 Å². The Balaban J connectivity index is 2.88. The van der Waals surface area contributed by atoms with Crippen molar-refractivity contribution in [2.24, 2.45) is 0 Å². The molecule has 6 heteroatoms. The molecule has 0 aliphatic carbocycles. The van der Waals surface area contributed by atoms with Crippen molar-refractivity contribution in [3.05, 3.63) is 27.7 Å². The lowest BCUT2D eigenvalue weighted by Gasteiger charge is -2.18. The molecule has 1 heterocycles. The van der Waals surface area contributed by atoms with Gasteiger partial charge in [-0.2, -0.15) is 0 Å². The zero-order valence-corrected chi connectivity index (χ0v) is 13.1. The summed E-state index contributed by atoms with van der Waals surface area (Å²) in [5, 5.41) is 11.1. The number of methoxy groups -OCH3 is 1. The van der Waals surface area contributed by atoms with E-state index in [2.05, 4.69) is 0 Å². The molecular formula is C14H14ClO4S-. The van der Waals surface area contributed by atoms with E-state index in [4.69, 9.17) is 16.3 Å². The average Bonchev–Trinajstić information content (AvgIpc) is 2.59. The fourth-order valence-corrected chi connectivity index (χ4v) is 4.32. The van der Waals surface area contributed by atoms with E-state index in [1.807, 2.05) is 20.8 Å². The molecule has 1 atom stereocenters. The Hall–Kier alpha value is -1.33. The van der Waals surface area contributed by atoms with Crippen LogP contribution in [0.4, 0.5) is 0 Å². The Kier molecular flexibility index (Phi) is 3.93. The first-order valence-electron chi connectivity index (χ1n) is 6.06. The van der Waals surface area contributed by atoms with Crippen LogP contribution in [0, 0.1) is 6.92 Å². The van der Waals surface area contributed by atoms with Crippen molar-refractivity contribution in [1.82, 2.24) is 0 Å². The van der Waals surface area contributed by atoms with Crippen LogP contribution in [0.15, 0.2) is 15.9 Å². The third kappa shape index (κ3) is 2.05. The summed E-state index contributed by atoms with van der Waals surface area (Å²) in [6.07, 6.45) is 0. The molecule has 0 N–H and O–H groups in total. The van der Waals surface area contributed by atoms with Gasteiger partial charge in [-0.3, -0.25) is 0 Å². The number of carbonyl (C=O) groups is 1. The van der Waals surface area contributed by atoms with Crippen molar-refractivity contribution in [2.75, 3.05) is 7.11 Å². The first kappa shape index (κ1) is 15.1. The number of carboxylic acid groups (broad SMARTS) is 1. The Morgan fingerprint density at radius 3 is 2.50 bits per heavy atom. The van der Waals surface area contributed by atoms with Crippen LogP contribution in [0.1, 0.15) is 36.5 Å². The Morgan fingerprint density at radius 2 is 2.05 bits per heavy atom. The molecule has 2 rings (SSSR count). The van der Waals surface area contributed by atoms with Crippen molar-refractivity contribution >= 4 is 33.4 Å². The number of ether oxygens (including phenoxy) is 1. The van der Waals surface area contributed by atoms with E-state index < -0.39 is 16.8 Å². The molecule has 1 unspecified atom stereocenters. The zero-order chi connectivity index (χ0) is 15.2. The highest BCUT2D eigenvalue weighted by Gasteiger charge is 2.33. The summed E-state index contributed by atoms with van der Waals surface area (Å²) in [5.74, 6) is -0.810. The summed E-state index contributed by atoms with van der Waals surface area (Å²) in [6.45, 7) is 5.72. The van der Waals surface area contributed by atoms with E-state index in [9.17, 15) is 14.1 Å². The second-order valence-electron chi connectivity index (χ2n) is 4.87. The van der Waals surface area contributed by atoms with Crippen LogP contribution in [0.25, 0.3) is 5.03 Å². The molecule has 0 amide bonds. The second kappa shape index (κ2) is 5.22. The van der Waals surface area contributed by atoms with Crippen LogP contribution in [-0.2, 0) is 15.6 Å². The van der Waals surface area contributed by atoms with E-state index >= 15 is 0 Å². The van der Waals surface area contributed by atoms with Gasteiger partial charge < -0.3 is 14.6 Å². The van der Waals surface area contributed by atoms with Crippen LogP contribution in [0.3, 0.4) is 0 Å². The van der Waals surface area contributed by atoms with Gasteiger partial charge in [-0.25, -0.2) is 4.21 Å². The SMILES string of the molecule is COc1c(C)cc2c(c1C(C)C)C(Cl)=C(C(=O)[O-])S2=O. The van der Waals surface area contributed by atoms with Gasteiger partial charge in [0.1, 0.15) is 5.75 Å². The van der Waals surface area contributed by atoms with Gasteiger partial charge in [0.2, 0.25) is 0 Å². The summed E-state index contributed by atoms with van der Waals surface area (Å²) < 4.78 is 17.7. The van der Waals surface area contributed by atoms with Crippen molar-refractivity contribution in [3.63, 3.8) is 0 Å². The molecule has 1 aliphatic heterocycles. The van der Waals surface area contributed by atoms with Crippen molar-refractivity contribution in [2.45, 2.75) is 31.6 Å². The molecule has 0 saturated heterocycles. The molecule has 0 bridgehead atoms. The van der Waals surface area contributed by atoms with Crippen LogP contribution in [0.2, 0.25) is 0 Å². The summed E-state index contributed by atoms with van der Waals surface area (Å²) >= 11 is 6.14. The Morgan fingerprint density at radius 1 is 1.45 bits per heavy atom. The standard InChI is InChI=1S/C14H15ClO4S/c1-6(2)9-10-8(5-7(3)12(9)19-4)20(18)13(11(10)15)14(16)17/h5-6H,1-4H3,(H,16,17)/p-1. The van der Waals surface area contributed by atoms with Gasteiger partial charge in [0.15, 0.2) is 0 Å². The second-order valence-corrected chi connectivity index (χ2v) is 6.63. The number of aryl methyl sites for hydroxylation is 1. The van der Waals surface area contributed by atoms with E-state index in [-0.39, 0.29) is 15.9 Å². The Labute approximate surface area is 124 Å². The van der Waals surface area contributed by atoms with Crippen LogP contribution in [-0.4, -0.2) is 17.3 Å².